The van der Waals surface area contributed by atoms with Crippen molar-refractivity contribution < 1.29 is 4.79 Å². The maximum Gasteiger partial charge on any atom is 0.255 e. The van der Waals surface area contributed by atoms with E-state index >= 15 is 0 Å². The maximum absolute atomic E-state index is 13.1. The molecular weight excluding hydrogens is 362 g/mol. The van der Waals surface area contributed by atoms with Crippen molar-refractivity contribution >= 4 is 17.0 Å². The molecule has 5 rings (SSSR count). The average molecular weight is 383 g/mol. The van der Waals surface area contributed by atoms with Gasteiger partial charge in [0.25, 0.3) is 5.91 Å². The largest absolute Gasteiger partial charge is 0.313 e. The molecule has 0 radical (unpaired) electrons. The van der Waals surface area contributed by atoms with Gasteiger partial charge in [0.1, 0.15) is 0 Å². The number of aryl methyl sites for hydroxylation is 1. The van der Waals surface area contributed by atoms with Gasteiger partial charge < -0.3 is 5.32 Å². The van der Waals surface area contributed by atoms with E-state index in [1.807, 2.05) is 49.7 Å². The lowest BCUT2D eigenvalue weighted by Crippen LogP contribution is -2.27. The summed E-state index contributed by atoms with van der Waals surface area (Å²) in [5.74, 6) is -0.0849. The van der Waals surface area contributed by atoms with E-state index in [0.29, 0.717) is 0 Å². The second-order valence-electron chi connectivity index (χ2n) is 7.29. The monoisotopic (exact) mass is 383 g/mol. The van der Waals surface area contributed by atoms with E-state index < -0.39 is 0 Å². The lowest BCUT2D eigenvalue weighted by atomic mass is 9.97. The number of carbonyl (C=O) groups is 1. The number of rotatable bonds is 2. The number of amides is 1. The summed E-state index contributed by atoms with van der Waals surface area (Å²) in [4.78, 5) is 19.1. The molecule has 0 fully saturated rings. The molecular formula is C23H21N5O. The van der Waals surface area contributed by atoms with Crippen LogP contribution in [0, 0.1) is 6.92 Å². The van der Waals surface area contributed by atoms with Crippen LogP contribution < -0.4 is 5.32 Å². The van der Waals surface area contributed by atoms with E-state index in [2.05, 4.69) is 27.6 Å². The highest BCUT2D eigenvalue weighted by atomic mass is 16.2. The molecule has 0 atom stereocenters. The van der Waals surface area contributed by atoms with Crippen LogP contribution in [0.1, 0.15) is 17.8 Å². The summed E-state index contributed by atoms with van der Waals surface area (Å²) in [5.41, 5.74) is 6.53. The van der Waals surface area contributed by atoms with Crippen molar-refractivity contribution in [2.45, 2.75) is 13.3 Å². The topological polar surface area (TPSA) is 62.5 Å². The first kappa shape index (κ1) is 17.6. The smallest absolute Gasteiger partial charge is 0.255 e. The number of hydrogen-bond acceptors (Lipinski definition) is 4. The standard InChI is InChI=1S/C23H21N5O/c1-16-14-28-21(13-25-16)12-22(26-28)18-3-2-4-20-6-5-19(15-27(20)23(29)11-18)17-7-9-24-10-8-17/h2-7,11-15,24H,8-10H2,1H3/b3-2+,18-11+,20-4+. The van der Waals surface area contributed by atoms with E-state index in [9.17, 15) is 4.79 Å². The van der Waals surface area contributed by atoms with E-state index in [1.54, 1.807) is 21.7 Å². The molecule has 2 aromatic rings. The Bertz CT molecular complexity index is 1190. The van der Waals surface area contributed by atoms with E-state index in [1.165, 1.54) is 5.57 Å². The van der Waals surface area contributed by atoms with Crippen LogP contribution in [-0.2, 0) is 4.79 Å². The van der Waals surface area contributed by atoms with Crippen molar-refractivity contribution in [3.05, 3.63) is 95.4 Å². The van der Waals surface area contributed by atoms with Crippen molar-refractivity contribution in [2.24, 2.45) is 0 Å². The number of fused-ring (bicyclic) bond motifs is 2. The summed E-state index contributed by atoms with van der Waals surface area (Å²) in [7, 11) is 0. The fourth-order valence-corrected chi connectivity index (χ4v) is 3.70. The fourth-order valence-electron chi connectivity index (χ4n) is 3.70. The van der Waals surface area contributed by atoms with Crippen LogP contribution in [-0.4, -0.2) is 38.5 Å². The lowest BCUT2D eigenvalue weighted by molar-refractivity contribution is -0.122. The van der Waals surface area contributed by atoms with Crippen LogP contribution in [0.25, 0.3) is 11.1 Å². The normalized spacial score (nSPS) is 23.9. The lowest BCUT2D eigenvalue weighted by Gasteiger charge is -2.26. The maximum atomic E-state index is 13.1. The van der Waals surface area contributed by atoms with Gasteiger partial charge in [-0.15, -0.1) is 0 Å². The Kier molecular flexibility index (Phi) is 4.33. The van der Waals surface area contributed by atoms with E-state index in [0.717, 1.165) is 53.3 Å². The summed E-state index contributed by atoms with van der Waals surface area (Å²) in [5, 5.41) is 7.94. The van der Waals surface area contributed by atoms with E-state index in [-0.39, 0.29) is 5.91 Å². The van der Waals surface area contributed by atoms with Crippen molar-refractivity contribution in [3.8, 4) is 0 Å². The zero-order chi connectivity index (χ0) is 19.8. The Balaban J connectivity index is 1.51. The van der Waals surface area contributed by atoms with Crippen molar-refractivity contribution in [2.75, 3.05) is 13.1 Å². The molecule has 144 valence electrons. The summed E-state index contributed by atoms with van der Waals surface area (Å²) in [6.07, 6.45) is 20.3. The molecule has 5 heterocycles. The van der Waals surface area contributed by atoms with Gasteiger partial charge in [-0.05, 0) is 49.3 Å². The third-order valence-electron chi connectivity index (χ3n) is 5.24. The van der Waals surface area contributed by atoms with Crippen molar-refractivity contribution in [1.29, 1.82) is 0 Å². The highest BCUT2D eigenvalue weighted by molar-refractivity contribution is 5.99. The number of aromatic nitrogens is 3. The quantitative estimate of drug-likeness (QED) is 0.866. The Hall–Kier alpha value is -3.51. The predicted molar refractivity (Wildman–Crippen MR) is 113 cm³/mol. The number of allylic oxidation sites excluding steroid dienone is 7. The third-order valence-corrected chi connectivity index (χ3v) is 5.24. The first-order valence-corrected chi connectivity index (χ1v) is 9.73. The molecule has 0 aromatic carbocycles. The fraction of sp³-hybridized carbons (Fsp3) is 0.174. The van der Waals surface area contributed by atoms with Gasteiger partial charge in [0, 0.05) is 30.1 Å². The van der Waals surface area contributed by atoms with Crippen molar-refractivity contribution in [3.63, 3.8) is 0 Å². The Morgan fingerprint density at radius 2 is 2.10 bits per heavy atom. The zero-order valence-corrected chi connectivity index (χ0v) is 16.2. The number of nitrogens with one attached hydrogen (secondary N) is 1. The van der Waals surface area contributed by atoms with Crippen LogP contribution in [0.2, 0.25) is 0 Å². The number of hydrogen-bond donors (Lipinski definition) is 1. The predicted octanol–water partition coefficient (Wildman–Crippen LogP) is 3.08. The summed E-state index contributed by atoms with van der Waals surface area (Å²) in [6.45, 7) is 3.76. The molecule has 0 bridgehead atoms. The average Bonchev–Trinajstić information content (AvgIpc) is 3.15. The first-order chi connectivity index (χ1) is 14.2. The number of carbonyl (C=O) groups excluding carboxylic acids is 1. The summed E-state index contributed by atoms with van der Waals surface area (Å²) in [6, 6.07) is 1.94. The Morgan fingerprint density at radius 1 is 1.17 bits per heavy atom. The Morgan fingerprint density at radius 3 is 2.97 bits per heavy atom. The number of nitrogens with zero attached hydrogens (tertiary/aromatic N) is 4. The second kappa shape index (κ2) is 7.14. The minimum absolute atomic E-state index is 0.0849. The minimum Gasteiger partial charge on any atom is -0.313 e. The van der Waals surface area contributed by atoms with Gasteiger partial charge in [-0.25, -0.2) is 4.52 Å². The zero-order valence-electron chi connectivity index (χ0n) is 16.2. The van der Waals surface area contributed by atoms with Crippen LogP contribution >= 0.6 is 0 Å². The highest BCUT2D eigenvalue weighted by Gasteiger charge is 2.20. The molecule has 0 saturated carbocycles. The van der Waals surface area contributed by atoms with Crippen LogP contribution in [0.15, 0.2) is 84.0 Å². The highest BCUT2D eigenvalue weighted by Crippen LogP contribution is 2.27. The van der Waals surface area contributed by atoms with Gasteiger partial charge in [0.05, 0.1) is 29.3 Å². The molecule has 0 saturated heterocycles. The van der Waals surface area contributed by atoms with Gasteiger partial charge in [0.15, 0.2) is 0 Å². The summed E-state index contributed by atoms with van der Waals surface area (Å²) < 4.78 is 1.79. The van der Waals surface area contributed by atoms with Crippen LogP contribution in [0.3, 0.4) is 0 Å². The van der Waals surface area contributed by atoms with Gasteiger partial charge in [0.2, 0.25) is 0 Å². The molecule has 6 heteroatoms. The SMILES string of the molecule is Cc1cn2nc(C3=C\C(=O)N4C=C(C5=CCNCC5)C=C\C4=C/C=C/3)cc2cn1. The second-order valence-corrected chi connectivity index (χ2v) is 7.29. The molecule has 2 aromatic heterocycles. The van der Waals surface area contributed by atoms with Gasteiger partial charge >= 0.3 is 0 Å². The molecule has 0 spiro atoms. The Labute approximate surface area is 168 Å². The molecule has 3 aliphatic rings. The van der Waals surface area contributed by atoms with E-state index in [4.69, 9.17) is 0 Å². The minimum atomic E-state index is -0.0849. The molecule has 3 aliphatic heterocycles. The molecule has 0 aliphatic carbocycles. The molecule has 0 unspecified atom stereocenters. The first-order valence-electron chi connectivity index (χ1n) is 9.73. The van der Waals surface area contributed by atoms with Crippen LogP contribution in [0.4, 0.5) is 0 Å². The molecule has 29 heavy (non-hydrogen) atoms. The van der Waals surface area contributed by atoms with Gasteiger partial charge in [-0.2, -0.15) is 5.10 Å². The van der Waals surface area contributed by atoms with Crippen molar-refractivity contribution in [1.82, 2.24) is 24.8 Å². The summed E-state index contributed by atoms with van der Waals surface area (Å²) >= 11 is 0. The van der Waals surface area contributed by atoms with Gasteiger partial charge in [-0.1, -0.05) is 24.3 Å². The molecule has 6 nitrogen and oxygen atoms in total. The molecule has 1 N–H and O–H groups in total. The molecule has 1 amide bonds. The van der Waals surface area contributed by atoms with Crippen LogP contribution in [0.5, 0.6) is 0 Å². The van der Waals surface area contributed by atoms with Gasteiger partial charge in [-0.3, -0.25) is 14.7 Å². The third kappa shape index (κ3) is 3.39.